The van der Waals surface area contributed by atoms with E-state index in [1.165, 1.54) is 19.2 Å². The quantitative estimate of drug-likeness (QED) is 0.564. The van der Waals surface area contributed by atoms with Gasteiger partial charge in [0.15, 0.2) is 11.9 Å². The minimum absolute atomic E-state index is 0.0337. The van der Waals surface area contributed by atoms with Gasteiger partial charge in [-0.25, -0.2) is 4.39 Å². The Balaban J connectivity index is 1.97. The molecule has 0 radical (unpaired) electrons. The minimum atomic E-state index is -0.875. The summed E-state index contributed by atoms with van der Waals surface area (Å²) in [6, 6.07) is 10.0. The third-order valence-electron chi connectivity index (χ3n) is 4.49. The number of nitrogens with zero attached hydrogens (tertiary/aromatic N) is 1. The maximum atomic E-state index is 13.6. The van der Waals surface area contributed by atoms with Crippen LogP contribution in [0.5, 0.6) is 11.5 Å². The van der Waals surface area contributed by atoms with E-state index in [9.17, 15) is 18.8 Å². The summed E-state index contributed by atoms with van der Waals surface area (Å²) in [7, 11) is 1.35. The molecule has 1 unspecified atom stereocenters. The molecule has 3 rings (SSSR count). The normalized spacial score (nSPS) is 16.2. The molecule has 1 aliphatic rings. The topological polar surface area (TPSA) is 72.9 Å². The Kier molecular flexibility index (Phi) is 5.73. The van der Waals surface area contributed by atoms with Crippen molar-refractivity contribution >= 4 is 17.6 Å². The first-order valence-corrected chi connectivity index (χ1v) is 8.94. The van der Waals surface area contributed by atoms with Gasteiger partial charge >= 0.3 is 0 Å². The molecule has 0 aromatic heterocycles. The summed E-state index contributed by atoms with van der Waals surface area (Å²) in [5.74, 6) is -1.96. The van der Waals surface area contributed by atoms with Gasteiger partial charge in [0.2, 0.25) is 0 Å². The van der Waals surface area contributed by atoms with Crippen LogP contribution < -0.4 is 9.47 Å². The molecule has 7 heteroatoms. The monoisotopic (exact) mass is 385 g/mol. The zero-order valence-electron chi connectivity index (χ0n) is 15.6. The van der Waals surface area contributed by atoms with Crippen molar-refractivity contribution in [3.05, 3.63) is 59.4 Å². The van der Waals surface area contributed by atoms with E-state index < -0.39 is 36.1 Å². The SMILES string of the molecule is CCCC1Oc2ccccc2C(=O)N(CC(=O)c2cc(F)ccc2OC)C1=O. The molecule has 28 heavy (non-hydrogen) atoms. The Hall–Kier alpha value is -3.22. The van der Waals surface area contributed by atoms with Crippen LogP contribution in [0.2, 0.25) is 0 Å². The summed E-state index contributed by atoms with van der Waals surface area (Å²) >= 11 is 0. The summed E-state index contributed by atoms with van der Waals surface area (Å²) in [6.07, 6.45) is 0.181. The Bertz CT molecular complexity index is 927. The van der Waals surface area contributed by atoms with Crippen LogP contribution in [0.15, 0.2) is 42.5 Å². The molecule has 0 bridgehead atoms. The van der Waals surface area contributed by atoms with E-state index in [1.54, 1.807) is 24.3 Å². The van der Waals surface area contributed by atoms with Crippen molar-refractivity contribution in [1.29, 1.82) is 0 Å². The molecule has 1 aliphatic heterocycles. The van der Waals surface area contributed by atoms with E-state index in [1.807, 2.05) is 6.92 Å². The van der Waals surface area contributed by atoms with Crippen molar-refractivity contribution in [2.45, 2.75) is 25.9 Å². The predicted molar refractivity (Wildman–Crippen MR) is 99.1 cm³/mol. The predicted octanol–water partition coefficient (Wildman–Crippen LogP) is 3.25. The van der Waals surface area contributed by atoms with Crippen LogP contribution in [0.25, 0.3) is 0 Å². The van der Waals surface area contributed by atoms with Crippen molar-refractivity contribution in [2.24, 2.45) is 0 Å². The second-order valence-corrected chi connectivity index (χ2v) is 6.39. The third-order valence-corrected chi connectivity index (χ3v) is 4.49. The Labute approximate surface area is 161 Å². The van der Waals surface area contributed by atoms with Crippen LogP contribution in [0.3, 0.4) is 0 Å². The number of imide groups is 1. The van der Waals surface area contributed by atoms with Gasteiger partial charge in [0.1, 0.15) is 17.3 Å². The smallest absolute Gasteiger partial charge is 0.270 e. The van der Waals surface area contributed by atoms with Gasteiger partial charge in [0.05, 0.1) is 24.8 Å². The number of benzene rings is 2. The van der Waals surface area contributed by atoms with Crippen LogP contribution in [0, 0.1) is 5.82 Å². The summed E-state index contributed by atoms with van der Waals surface area (Å²) in [5, 5.41) is 0. The van der Waals surface area contributed by atoms with Gasteiger partial charge in [0.25, 0.3) is 11.8 Å². The molecule has 0 fully saturated rings. The first-order chi connectivity index (χ1) is 13.5. The fraction of sp³-hybridized carbons (Fsp3) is 0.286. The van der Waals surface area contributed by atoms with Crippen molar-refractivity contribution < 1.29 is 28.2 Å². The fourth-order valence-electron chi connectivity index (χ4n) is 3.09. The van der Waals surface area contributed by atoms with E-state index in [0.29, 0.717) is 18.6 Å². The summed E-state index contributed by atoms with van der Waals surface area (Å²) in [6.45, 7) is 1.36. The van der Waals surface area contributed by atoms with Crippen LogP contribution in [0.4, 0.5) is 4.39 Å². The van der Waals surface area contributed by atoms with E-state index in [-0.39, 0.29) is 16.9 Å². The first kappa shape index (κ1) is 19.5. The van der Waals surface area contributed by atoms with E-state index in [4.69, 9.17) is 9.47 Å². The molecular weight excluding hydrogens is 365 g/mol. The number of carbonyl (C=O) groups excluding carboxylic acids is 3. The van der Waals surface area contributed by atoms with Gasteiger partial charge in [-0.05, 0) is 36.8 Å². The second kappa shape index (κ2) is 8.21. The van der Waals surface area contributed by atoms with Gasteiger partial charge < -0.3 is 9.47 Å². The zero-order chi connectivity index (χ0) is 20.3. The standard InChI is InChI=1S/C21H20FNO5/c1-3-6-19-21(26)23(20(25)14-7-4-5-8-18(14)28-19)12-16(24)15-11-13(22)9-10-17(15)27-2/h4-5,7-11,19H,3,6,12H2,1-2H3. The maximum Gasteiger partial charge on any atom is 0.270 e. The van der Waals surface area contributed by atoms with Gasteiger partial charge in [-0.2, -0.15) is 0 Å². The van der Waals surface area contributed by atoms with Crippen LogP contribution in [-0.2, 0) is 4.79 Å². The van der Waals surface area contributed by atoms with E-state index >= 15 is 0 Å². The molecule has 2 aromatic carbocycles. The number of rotatable bonds is 6. The summed E-state index contributed by atoms with van der Waals surface area (Å²) in [5.41, 5.74) is 0.169. The van der Waals surface area contributed by atoms with Gasteiger partial charge in [-0.3, -0.25) is 19.3 Å². The van der Waals surface area contributed by atoms with Gasteiger partial charge in [0, 0.05) is 0 Å². The molecule has 0 saturated heterocycles. The highest BCUT2D eigenvalue weighted by atomic mass is 19.1. The Morgan fingerprint density at radius 1 is 1.21 bits per heavy atom. The fourth-order valence-corrected chi connectivity index (χ4v) is 3.09. The number of Topliss-reactive ketones (excluding diaryl/α,β-unsaturated/α-hetero) is 1. The molecule has 0 saturated carbocycles. The summed E-state index contributed by atoms with van der Waals surface area (Å²) < 4.78 is 24.5. The highest BCUT2D eigenvalue weighted by molar-refractivity contribution is 6.12. The zero-order valence-corrected chi connectivity index (χ0v) is 15.6. The molecule has 2 aromatic rings. The maximum absolute atomic E-state index is 13.6. The number of fused-ring (bicyclic) bond motifs is 1. The number of ketones is 1. The number of halogens is 1. The number of ether oxygens (including phenoxy) is 2. The molecule has 2 amide bonds. The Morgan fingerprint density at radius 3 is 2.68 bits per heavy atom. The average molecular weight is 385 g/mol. The number of para-hydroxylation sites is 1. The van der Waals surface area contributed by atoms with Crippen LogP contribution in [0.1, 0.15) is 40.5 Å². The molecule has 1 heterocycles. The molecule has 0 N–H and O–H groups in total. The van der Waals surface area contributed by atoms with Gasteiger partial charge in [-0.15, -0.1) is 0 Å². The largest absolute Gasteiger partial charge is 0.496 e. The first-order valence-electron chi connectivity index (χ1n) is 8.94. The lowest BCUT2D eigenvalue weighted by molar-refractivity contribution is -0.135. The van der Waals surface area contributed by atoms with Crippen molar-refractivity contribution in [2.75, 3.05) is 13.7 Å². The lowest BCUT2D eigenvalue weighted by Crippen LogP contribution is -2.45. The highest BCUT2D eigenvalue weighted by Gasteiger charge is 2.37. The molecular formula is C21H20FNO5. The third kappa shape index (κ3) is 3.74. The van der Waals surface area contributed by atoms with Crippen molar-refractivity contribution in [1.82, 2.24) is 4.90 Å². The average Bonchev–Trinajstić information content (AvgIpc) is 2.79. The lowest BCUT2D eigenvalue weighted by Gasteiger charge is -2.22. The number of hydrogen-bond acceptors (Lipinski definition) is 5. The van der Waals surface area contributed by atoms with E-state index in [2.05, 4.69) is 0 Å². The number of amides is 2. The second-order valence-electron chi connectivity index (χ2n) is 6.39. The van der Waals surface area contributed by atoms with Gasteiger partial charge in [-0.1, -0.05) is 25.5 Å². The number of carbonyl (C=O) groups is 3. The molecule has 0 spiro atoms. The highest BCUT2D eigenvalue weighted by Crippen LogP contribution is 2.28. The Morgan fingerprint density at radius 2 is 1.96 bits per heavy atom. The minimum Gasteiger partial charge on any atom is -0.496 e. The molecule has 6 nitrogen and oxygen atoms in total. The summed E-state index contributed by atoms with van der Waals surface area (Å²) in [4.78, 5) is 39.5. The lowest BCUT2D eigenvalue weighted by atomic mass is 10.1. The van der Waals surface area contributed by atoms with Crippen LogP contribution in [-0.4, -0.2) is 42.3 Å². The molecule has 146 valence electrons. The molecule has 0 aliphatic carbocycles. The van der Waals surface area contributed by atoms with Crippen molar-refractivity contribution in [3.63, 3.8) is 0 Å². The molecule has 1 atom stereocenters. The number of hydrogen-bond donors (Lipinski definition) is 0. The van der Waals surface area contributed by atoms with Crippen molar-refractivity contribution in [3.8, 4) is 11.5 Å². The number of methoxy groups -OCH3 is 1. The van der Waals surface area contributed by atoms with Crippen LogP contribution >= 0.6 is 0 Å². The van der Waals surface area contributed by atoms with E-state index in [0.717, 1.165) is 11.0 Å².